The quantitative estimate of drug-likeness (QED) is 0.846. The third-order valence-corrected chi connectivity index (χ3v) is 5.57. The van der Waals surface area contributed by atoms with Gasteiger partial charge in [-0.3, -0.25) is 0 Å². The average Bonchev–Trinajstić information content (AvgIpc) is 3.25. The van der Waals surface area contributed by atoms with Crippen molar-refractivity contribution in [2.24, 2.45) is 0 Å². The smallest absolute Gasteiger partial charge is 0.315 e. The fraction of sp³-hybridized carbons (Fsp3) is 0.650. The lowest BCUT2D eigenvalue weighted by Gasteiger charge is -2.24. The number of nitrogens with one attached hydrogen (secondary N) is 2. The molecule has 6 heteroatoms. The van der Waals surface area contributed by atoms with Crippen molar-refractivity contribution in [3.8, 4) is 0 Å². The molecule has 4 atom stereocenters. The fourth-order valence-electron chi connectivity index (χ4n) is 4.15. The topological polar surface area (TPSA) is 68.8 Å². The maximum absolute atomic E-state index is 12.3. The molecule has 2 N–H and O–H groups in total. The van der Waals surface area contributed by atoms with Gasteiger partial charge in [-0.25, -0.2) is 4.79 Å². The van der Waals surface area contributed by atoms with E-state index in [1.807, 2.05) is 30.3 Å². The number of fused-ring (bicyclic) bond motifs is 1. The minimum absolute atomic E-state index is 0.0894. The van der Waals surface area contributed by atoms with Crippen LogP contribution in [-0.4, -0.2) is 49.6 Å². The zero-order chi connectivity index (χ0) is 17.8. The van der Waals surface area contributed by atoms with E-state index in [-0.39, 0.29) is 30.4 Å². The Morgan fingerprint density at radius 1 is 1.00 bits per heavy atom. The highest BCUT2D eigenvalue weighted by atomic mass is 16.6. The van der Waals surface area contributed by atoms with Gasteiger partial charge in [-0.1, -0.05) is 49.6 Å². The van der Waals surface area contributed by atoms with Crippen LogP contribution in [0.1, 0.15) is 37.7 Å². The van der Waals surface area contributed by atoms with Gasteiger partial charge in [0.05, 0.1) is 25.9 Å². The zero-order valence-electron chi connectivity index (χ0n) is 15.1. The van der Waals surface area contributed by atoms with Crippen LogP contribution >= 0.6 is 0 Å². The number of hydrogen-bond acceptors (Lipinski definition) is 4. The summed E-state index contributed by atoms with van der Waals surface area (Å²) in [5, 5.41) is 6.13. The molecule has 26 heavy (non-hydrogen) atoms. The Morgan fingerprint density at radius 3 is 2.58 bits per heavy atom. The number of ether oxygens (including phenoxy) is 3. The molecule has 6 nitrogen and oxygen atoms in total. The Bertz CT molecular complexity index is 591. The van der Waals surface area contributed by atoms with Crippen LogP contribution in [0.25, 0.3) is 0 Å². The van der Waals surface area contributed by atoms with Gasteiger partial charge in [-0.2, -0.15) is 0 Å². The molecule has 0 aromatic heterocycles. The summed E-state index contributed by atoms with van der Waals surface area (Å²) in [4.78, 5) is 12.3. The van der Waals surface area contributed by atoms with Crippen molar-refractivity contribution in [2.75, 3.05) is 13.2 Å². The molecule has 0 unspecified atom stereocenters. The van der Waals surface area contributed by atoms with E-state index in [1.54, 1.807) is 0 Å². The molecule has 2 aliphatic heterocycles. The summed E-state index contributed by atoms with van der Waals surface area (Å²) >= 11 is 0. The number of amides is 2. The molecule has 2 heterocycles. The van der Waals surface area contributed by atoms with Gasteiger partial charge in [-0.05, 0) is 18.4 Å². The molecule has 1 aromatic rings. The van der Waals surface area contributed by atoms with Crippen LogP contribution in [0.5, 0.6) is 0 Å². The van der Waals surface area contributed by atoms with Gasteiger partial charge in [-0.15, -0.1) is 0 Å². The van der Waals surface area contributed by atoms with Crippen LogP contribution in [0, 0.1) is 0 Å². The number of benzene rings is 1. The highest BCUT2D eigenvalue weighted by Crippen LogP contribution is 2.29. The Labute approximate surface area is 154 Å². The lowest BCUT2D eigenvalue weighted by atomic mass is 9.96. The van der Waals surface area contributed by atoms with Crippen molar-refractivity contribution in [3.63, 3.8) is 0 Å². The summed E-state index contributed by atoms with van der Waals surface area (Å²) in [6.45, 7) is 1.52. The van der Waals surface area contributed by atoms with E-state index < -0.39 is 0 Å². The van der Waals surface area contributed by atoms with E-state index in [1.165, 1.54) is 19.3 Å². The van der Waals surface area contributed by atoms with Crippen molar-refractivity contribution in [3.05, 3.63) is 35.9 Å². The highest BCUT2D eigenvalue weighted by molar-refractivity contribution is 5.74. The van der Waals surface area contributed by atoms with Crippen LogP contribution in [0.15, 0.2) is 30.3 Å². The van der Waals surface area contributed by atoms with Crippen LogP contribution in [-0.2, 0) is 20.8 Å². The van der Waals surface area contributed by atoms with Gasteiger partial charge in [0, 0.05) is 6.04 Å². The van der Waals surface area contributed by atoms with Crippen molar-refractivity contribution in [1.82, 2.24) is 10.6 Å². The van der Waals surface area contributed by atoms with Crippen molar-refractivity contribution < 1.29 is 19.0 Å². The lowest BCUT2D eigenvalue weighted by molar-refractivity contribution is -0.0392. The minimum atomic E-state index is -0.132. The first-order valence-electron chi connectivity index (χ1n) is 9.75. The first-order valence-corrected chi connectivity index (χ1v) is 9.75. The van der Waals surface area contributed by atoms with E-state index in [2.05, 4.69) is 10.6 Å². The average molecular weight is 360 g/mol. The molecule has 1 saturated carbocycles. The molecule has 1 aromatic carbocycles. The van der Waals surface area contributed by atoms with E-state index in [4.69, 9.17) is 14.2 Å². The monoisotopic (exact) mass is 360 g/mol. The highest BCUT2D eigenvalue weighted by Gasteiger charge is 2.48. The second-order valence-electron chi connectivity index (χ2n) is 7.49. The number of carbonyl (C=O) groups is 1. The van der Waals surface area contributed by atoms with Gasteiger partial charge in [0.1, 0.15) is 18.3 Å². The van der Waals surface area contributed by atoms with Crippen LogP contribution in [0.3, 0.4) is 0 Å². The van der Waals surface area contributed by atoms with Crippen LogP contribution in [0.4, 0.5) is 4.79 Å². The van der Waals surface area contributed by atoms with E-state index in [0.29, 0.717) is 25.9 Å². The summed E-state index contributed by atoms with van der Waals surface area (Å²) in [5.74, 6) is 0. The van der Waals surface area contributed by atoms with E-state index in [9.17, 15) is 4.79 Å². The second-order valence-corrected chi connectivity index (χ2v) is 7.49. The molecule has 2 saturated heterocycles. The standard InChI is InChI=1S/C20H28N2O4/c23-20(21-15-9-5-2-6-10-15)22-16-12-25-19-17(13-26-18(16)19)24-11-14-7-3-1-4-8-14/h1,3-4,7-8,15-19H,2,5-6,9-13H2,(H2,21,22,23)/t16-,17+,18+,19+/m0/s1. The summed E-state index contributed by atoms with van der Waals surface area (Å²) in [6, 6.07) is 10.2. The molecular weight excluding hydrogens is 332 g/mol. The van der Waals surface area contributed by atoms with Gasteiger partial charge in [0.15, 0.2) is 0 Å². The summed E-state index contributed by atoms with van der Waals surface area (Å²) in [7, 11) is 0. The second kappa shape index (κ2) is 8.37. The SMILES string of the molecule is O=C(NC1CCCCC1)N[C@H]1CO[C@H]2[C@@H]1OC[C@H]2OCc1ccccc1. The Morgan fingerprint density at radius 2 is 1.77 bits per heavy atom. The third-order valence-electron chi connectivity index (χ3n) is 5.57. The molecule has 2 amide bonds. The zero-order valence-corrected chi connectivity index (χ0v) is 15.1. The van der Waals surface area contributed by atoms with Crippen molar-refractivity contribution in [2.45, 2.75) is 69.1 Å². The Hall–Kier alpha value is -1.63. The molecule has 142 valence electrons. The van der Waals surface area contributed by atoms with E-state index in [0.717, 1.165) is 18.4 Å². The van der Waals surface area contributed by atoms with Crippen molar-refractivity contribution in [1.29, 1.82) is 0 Å². The first-order chi connectivity index (χ1) is 12.8. The Kier molecular flexibility index (Phi) is 5.72. The molecule has 4 rings (SSSR count). The van der Waals surface area contributed by atoms with Crippen LogP contribution < -0.4 is 10.6 Å². The number of rotatable bonds is 5. The molecule has 3 aliphatic rings. The largest absolute Gasteiger partial charge is 0.370 e. The van der Waals surface area contributed by atoms with E-state index >= 15 is 0 Å². The molecule has 1 aliphatic carbocycles. The van der Waals surface area contributed by atoms with Gasteiger partial charge < -0.3 is 24.8 Å². The van der Waals surface area contributed by atoms with Gasteiger partial charge >= 0.3 is 6.03 Å². The van der Waals surface area contributed by atoms with Crippen LogP contribution in [0.2, 0.25) is 0 Å². The number of urea groups is 1. The normalized spacial score (nSPS) is 31.5. The fourth-order valence-corrected chi connectivity index (χ4v) is 4.15. The first kappa shape index (κ1) is 17.8. The molecule has 3 fully saturated rings. The maximum Gasteiger partial charge on any atom is 0.315 e. The molecule has 0 radical (unpaired) electrons. The summed E-state index contributed by atoms with van der Waals surface area (Å²) in [6.07, 6.45) is 5.49. The predicted octanol–water partition coefficient (Wildman–Crippen LogP) is 2.37. The predicted molar refractivity (Wildman–Crippen MR) is 96.8 cm³/mol. The minimum Gasteiger partial charge on any atom is -0.370 e. The number of hydrogen-bond donors (Lipinski definition) is 2. The van der Waals surface area contributed by atoms with Gasteiger partial charge in [0.25, 0.3) is 0 Å². The van der Waals surface area contributed by atoms with Gasteiger partial charge in [0.2, 0.25) is 0 Å². The Balaban J connectivity index is 1.24. The third kappa shape index (κ3) is 4.19. The molecule has 0 bridgehead atoms. The summed E-state index contributed by atoms with van der Waals surface area (Å²) < 4.78 is 17.8. The lowest BCUT2D eigenvalue weighted by Crippen LogP contribution is -2.51. The molecule has 0 spiro atoms. The summed E-state index contributed by atoms with van der Waals surface area (Å²) in [5.41, 5.74) is 1.13. The molecular formula is C20H28N2O4. The number of carbonyl (C=O) groups excluding carboxylic acids is 1. The maximum atomic E-state index is 12.3. The van der Waals surface area contributed by atoms with Crippen molar-refractivity contribution >= 4 is 6.03 Å².